The molecule has 1 aliphatic rings. The number of methoxy groups -OCH3 is 1. The van der Waals surface area contributed by atoms with Gasteiger partial charge in [-0.1, -0.05) is 88.8 Å². The number of aliphatic hydroxyl groups excluding tert-OH is 1. The van der Waals surface area contributed by atoms with E-state index in [1.165, 1.54) is 40.8 Å². The number of allylic oxidation sites excluding steroid dienone is 2. The molecule has 20 nitrogen and oxygen atoms in total. The Morgan fingerprint density at radius 1 is 0.773 bits per heavy atom. The van der Waals surface area contributed by atoms with Crippen molar-refractivity contribution in [2.24, 2.45) is 23.7 Å². The average molecular weight is 928 g/mol. The van der Waals surface area contributed by atoms with Crippen molar-refractivity contribution in [3.8, 4) is 0 Å². The molecule has 11 atom stereocenters. The Kier molecular flexibility index (Phi) is 22.7. The lowest BCUT2D eigenvalue weighted by Crippen LogP contribution is -2.59. The summed E-state index contributed by atoms with van der Waals surface area (Å²) in [5.41, 5.74) is 1.80. The Bertz CT molecular complexity index is 1940. The highest BCUT2D eigenvalue weighted by Gasteiger charge is 2.37. The van der Waals surface area contributed by atoms with E-state index in [1.54, 1.807) is 34.0 Å². The zero-order valence-electron chi connectivity index (χ0n) is 39.5. The summed E-state index contributed by atoms with van der Waals surface area (Å²) < 4.78 is 5.78. The molecule has 1 aromatic carbocycles. The summed E-state index contributed by atoms with van der Waals surface area (Å²) in [6, 6.07) is -0.363. The van der Waals surface area contributed by atoms with Gasteiger partial charge in [-0.05, 0) is 51.5 Å². The number of rotatable bonds is 12. The number of hydrogen-bond donors (Lipinski definition) is 9. The lowest BCUT2D eigenvalue weighted by molar-refractivity contribution is -0.146. The van der Waals surface area contributed by atoms with Gasteiger partial charge < -0.3 is 56.9 Å². The summed E-state index contributed by atoms with van der Waals surface area (Å²) in [4.78, 5) is 120. The molecule has 0 spiro atoms. The standard InChI is InChI=1S/C46H69N7O13/c1-24(2)20-34-43(60)52-38(46(64)65)28(6)40(57)47-29(7)41(58)49-32(17-16-25(3)21-26(4)36(66-10)22-31-14-12-11-13-15-31)27(5)39(56)50-33(45(62)63)18-19-37(55)53(9)35(23-54)44(61)48-30(8)42(59)51-34/h11-17,21,24,26-30,32-36,38,54H,18-20,22-23H2,1-10H3,(H,47,57)(H,48,61)(H,49,58)(H,50,56)(H,51,59)(H,52,60)(H,62,63)(H,64,65)/b17-16+,25-21+/t26-,27-,28-,29-,30+,32?,33?,34-,35-,36-,38+/m0/s1. The van der Waals surface area contributed by atoms with E-state index in [9.17, 15) is 58.5 Å². The molecule has 9 N–H and O–H groups in total. The Morgan fingerprint density at radius 3 is 1.89 bits per heavy atom. The summed E-state index contributed by atoms with van der Waals surface area (Å²) >= 11 is 0. The maximum atomic E-state index is 13.8. The summed E-state index contributed by atoms with van der Waals surface area (Å²) in [5.74, 6) is -12.2. The second kappa shape index (κ2) is 26.7. The van der Waals surface area contributed by atoms with Gasteiger partial charge in [0.25, 0.3) is 0 Å². The molecule has 0 radical (unpaired) electrons. The third-order valence-corrected chi connectivity index (χ3v) is 11.4. The number of hydrogen-bond acceptors (Lipinski definition) is 11. The Morgan fingerprint density at radius 2 is 1.35 bits per heavy atom. The van der Waals surface area contributed by atoms with E-state index in [-0.39, 0.29) is 24.4 Å². The van der Waals surface area contributed by atoms with Crippen molar-refractivity contribution < 1.29 is 63.2 Å². The van der Waals surface area contributed by atoms with Gasteiger partial charge in [-0.15, -0.1) is 0 Å². The molecule has 2 unspecified atom stereocenters. The van der Waals surface area contributed by atoms with E-state index in [0.29, 0.717) is 6.42 Å². The van der Waals surface area contributed by atoms with Crippen LogP contribution in [0, 0.1) is 23.7 Å². The second-order valence-electron chi connectivity index (χ2n) is 17.3. The minimum atomic E-state index is -1.84. The predicted molar refractivity (Wildman–Crippen MR) is 242 cm³/mol. The van der Waals surface area contributed by atoms with Gasteiger partial charge in [0.1, 0.15) is 36.3 Å². The molecule has 1 heterocycles. The number of likely N-dealkylation sites (N-methyl/N-ethyl adjacent to an activating group) is 1. The third kappa shape index (κ3) is 17.3. The molecule has 1 saturated heterocycles. The van der Waals surface area contributed by atoms with Crippen molar-refractivity contribution in [2.45, 2.75) is 129 Å². The van der Waals surface area contributed by atoms with Gasteiger partial charge in [-0.3, -0.25) is 33.6 Å². The van der Waals surface area contributed by atoms with Gasteiger partial charge in [0, 0.05) is 26.5 Å². The molecule has 0 aromatic heterocycles. The van der Waals surface area contributed by atoms with Crippen molar-refractivity contribution in [3.05, 3.63) is 59.7 Å². The molecule has 7 amide bonds. The van der Waals surface area contributed by atoms with Gasteiger partial charge >= 0.3 is 11.9 Å². The van der Waals surface area contributed by atoms with E-state index in [4.69, 9.17) is 4.74 Å². The minimum absolute atomic E-state index is 0.0118. The molecule has 1 fully saturated rings. The van der Waals surface area contributed by atoms with Crippen LogP contribution in [0.5, 0.6) is 0 Å². The average Bonchev–Trinajstić information content (AvgIpc) is 3.25. The van der Waals surface area contributed by atoms with Crippen LogP contribution in [-0.2, 0) is 54.3 Å². The highest BCUT2D eigenvalue weighted by atomic mass is 16.5. The Labute approximate surface area is 386 Å². The number of amides is 7. The number of aliphatic hydroxyl groups is 1. The fourth-order valence-electron chi connectivity index (χ4n) is 7.11. The van der Waals surface area contributed by atoms with Crippen LogP contribution in [0.1, 0.15) is 80.2 Å². The fourth-order valence-corrected chi connectivity index (χ4v) is 7.11. The van der Waals surface area contributed by atoms with Gasteiger partial charge in [-0.25, -0.2) is 9.59 Å². The molecule has 20 heteroatoms. The molecule has 366 valence electrons. The van der Waals surface area contributed by atoms with Crippen LogP contribution >= 0.6 is 0 Å². The molecule has 0 aliphatic carbocycles. The molecule has 1 aliphatic heterocycles. The first kappa shape index (κ1) is 56.0. The van der Waals surface area contributed by atoms with Crippen LogP contribution in [-0.4, -0.2) is 143 Å². The van der Waals surface area contributed by atoms with E-state index in [1.807, 2.05) is 43.3 Å². The molecule has 66 heavy (non-hydrogen) atoms. The monoisotopic (exact) mass is 927 g/mol. The molecular formula is C46H69N7O13. The maximum Gasteiger partial charge on any atom is 0.327 e. The van der Waals surface area contributed by atoms with Crippen molar-refractivity contribution >= 4 is 53.3 Å². The number of benzene rings is 1. The molecular weight excluding hydrogens is 859 g/mol. The molecule has 2 rings (SSSR count). The van der Waals surface area contributed by atoms with E-state index in [0.717, 1.165) is 16.0 Å². The van der Waals surface area contributed by atoms with Crippen LogP contribution in [0.2, 0.25) is 0 Å². The number of nitrogens with one attached hydrogen (secondary N) is 6. The number of nitrogens with zero attached hydrogens (tertiary/aromatic N) is 1. The summed E-state index contributed by atoms with van der Waals surface area (Å²) in [5, 5.41) is 45.1. The molecule has 0 saturated carbocycles. The number of aliphatic carboxylic acids is 2. The van der Waals surface area contributed by atoms with Crippen LogP contribution in [0.3, 0.4) is 0 Å². The zero-order chi connectivity index (χ0) is 50.0. The minimum Gasteiger partial charge on any atom is -0.480 e. The first-order chi connectivity index (χ1) is 30.9. The largest absolute Gasteiger partial charge is 0.480 e. The third-order valence-electron chi connectivity index (χ3n) is 11.4. The van der Waals surface area contributed by atoms with Crippen molar-refractivity contribution in [1.29, 1.82) is 0 Å². The van der Waals surface area contributed by atoms with Crippen LogP contribution < -0.4 is 31.9 Å². The van der Waals surface area contributed by atoms with Crippen molar-refractivity contribution in [2.75, 3.05) is 20.8 Å². The lowest BCUT2D eigenvalue weighted by atomic mass is 9.94. The van der Waals surface area contributed by atoms with E-state index >= 15 is 0 Å². The van der Waals surface area contributed by atoms with Crippen molar-refractivity contribution in [3.63, 3.8) is 0 Å². The van der Waals surface area contributed by atoms with Gasteiger partial charge in [-0.2, -0.15) is 0 Å². The first-order valence-corrected chi connectivity index (χ1v) is 22.0. The molecule has 0 bridgehead atoms. The second-order valence-corrected chi connectivity index (χ2v) is 17.3. The smallest absolute Gasteiger partial charge is 0.327 e. The van der Waals surface area contributed by atoms with Gasteiger partial charge in [0.05, 0.1) is 30.6 Å². The number of carbonyl (C=O) groups is 9. The number of carboxylic acid groups (broad SMARTS) is 2. The summed E-state index contributed by atoms with van der Waals surface area (Å²) in [6.45, 7) is 11.6. The topological polar surface area (TPSA) is 299 Å². The normalized spacial score (nSPS) is 27.6. The lowest BCUT2D eigenvalue weighted by Gasteiger charge is -2.28. The van der Waals surface area contributed by atoms with Crippen LogP contribution in [0.4, 0.5) is 0 Å². The quantitative estimate of drug-likeness (QED) is 0.129. The summed E-state index contributed by atoms with van der Waals surface area (Å²) in [7, 11) is 2.80. The van der Waals surface area contributed by atoms with E-state index in [2.05, 4.69) is 31.9 Å². The first-order valence-electron chi connectivity index (χ1n) is 22.0. The molecule has 1 aromatic rings. The SMILES string of the molecule is CO[C@@H](Cc1ccccc1)[C@@H](C)/C=C(C)/C=C/C1NC(=O)[C@H](C)NC(=O)[C@@H](C)[C@H](C(=O)O)NC(=O)[C@H](CC(C)C)NC(=O)[C@@H](C)NC(=O)[C@H](CO)N(C)C(=O)CCC(C(=O)O)NC(=O)[C@H]1C. The predicted octanol–water partition coefficient (Wildman–Crippen LogP) is 0.432. The number of carboxylic acids is 2. The number of carbonyl (C=O) groups excluding carboxylic acids is 7. The van der Waals surface area contributed by atoms with Crippen LogP contribution in [0.25, 0.3) is 0 Å². The summed E-state index contributed by atoms with van der Waals surface area (Å²) in [6.07, 6.45) is 4.64. The Hall–Kier alpha value is -6.15. The number of ether oxygens (including phenoxy) is 1. The maximum absolute atomic E-state index is 13.8. The Balaban J connectivity index is 2.60. The zero-order valence-corrected chi connectivity index (χ0v) is 39.5. The van der Waals surface area contributed by atoms with Gasteiger partial charge in [0.2, 0.25) is 41.4 Å². The fraction of sp³-hybridized carbons (Fsp3) is 0.587. The van der Waals surface area contributed by atoms with Crippen LogP contribution in [0.15, 0.2) is 54.1 Å². The highest BCUT2D eigenvalue weighted by molar-refractivity contribution is 5.97. The van der Waals surface area contributed by atoms with Crippen molar-refractivity contribution in [1.82, 2.24) is 36.8 Å². The van der Waals surface area contributed by atoms with E-state index < -0.39 is 127 Å². The van der Waals surface area contributed by atoms with Gasteiger partial charge in [0.15, 0.2) is 0 Å². The highest BCUT2D eigenvalue weighted by Crippen LogP contribution is 2.18.